The Morgan fingerprint density at radius 2 is 2.22 bits per heavy atom. The van der Waals surface area contributed by atoms with Gasteiger partial charge in [-0.15, -0.1) is 0 Å². The highest BCUT2D eigenvalue weighted by molar-refractivity contribution is 7.80. The van der Waals surface area contributed by atoms with Gasteiger partial charge >= 0.3 is 0 Å². The highest BCUT2D eigenvalue weighted by Crippen LogP contribution is 2.25. The lowest BCUT2D eigenvalue weighted by Crippen LogP contribution is -2.37. The fraction of sp³-hybridized carbons (Fsp3) is 0.500. The maximum Gasteiger partial charge on any atom is 0.187 e. The van der Waals surface area contributed by atoms with Gasteiger partial charge in [0.1, 0.15) is 11.5 Å². The van der Waals surface area contributed by atoms with Crippen LogP contribution >= 0.6 is 12.2 Å². The first-order valence-electron chi connectivity index (χ1n) is 7.56. The fourth-order valence-electron chi connectivity index (χ4n) is 2.34. The molecule has 1 atom stereocenters. The summed E-state index contributed by atoms with van der Waals surface area (Å²) in [5.41, 5.74) is 4.50. The molecule has 0 aliphatic carbocycles. The Hall–Kier alpha value is -1.86. The second-order valence-corrected chi connectivity index (χ2v) is 5.63. The van der Waals surface area contributed by atoms with Gasteiger partial charge in [0.2, 0.25) is 0 Å². The lowest BCUT2D eigenvalue weighted by Gasteiger charge is -2.13. The molecule has 7 heteroatoms. The summed E-state index contributed by atoms with van der Waals surface area (Å²) in [7, 11) is 3.24. The van der Waals surface area contributed by atoms with E-state index in [-0.39, 0.29) is 6.10 Å². The number of ether oxygens (including phenoxy) is 3. The molecule has 1 aromatic rings. The Bertz CT molecular complexity index is 572. The molecule has 126 valence electrons. The third-order valence-electron chi connectivity index (χ3n) is 3.64. The van der Waals surface area contributed by atoms with E-state index in [1.165, 1.54) is 0 Å². The van der Waals surface area contributed by atoms with Crippen molar-refractivity contribution in [3.8, 4) is 11.5 Å². The summed E-state index contributed by atoms with van der Waals surface area (Å²) in [5, 5.41) is 7.90. The minimum absolute atomic E-state index is 0.238. The molecule has 0 amide bonds. The van der Waals surface area contributed by atoms with E-state index in [1.807, 2.05) is 25.1 Å². The SMILES string of the molecule is COc1ccc(/C(C)=N\NC(=S)NC[C@H]2CCCO2)c(OC)c1. The van der Waals surface area contributed by atoms with E-state index in [4.69, 9.17) is 26.4 Å². The normalized spacial score (nSPS) is 17.7. The average molecular weight is 337 g/mol. The monoisotopic (exact) mass is 337 g/mol. The standard InChI is InChI=1S/C16H23N3O3S/c1-11(14-7-6-12(20-2)9-15(14)21-3)18-19-16(23)17-10-13-5-4-8-22-13/h6-7,9,13H,4-5,8,10H2,1-3H3,(H2,17,19,23)/b18-11-/t13-/m1/s1. The summed E-state index contributed by atoms with van der Waals surface area (Å²) in [6.45, 7) is 3.42. The van der Waals surface area contributed by atoms with Crippen LogP contribution in [0.4, 0.5) is 0 Å². The second kappa shape index (κ2) is 8.69. The van der Waals surface area contributed by atoms with Gasteiger partial charge in [0.25, 0.3) is 0 Å². The topological polar surface area (TPSA) is 64.1 Å². The molecule has 0 radical (unpaired) electrons. The van der Waals surface area contributed by atoms with Crippen LogP contribution in [-0.4, -0.2) is 44.3 Å². The molecule has 0 saturated carbocycles. The Labute approximate surface area is 142 Å². The van der Waals surface area contributed by atoms with Gasteiger partial charge < -0.3 is 19.5 Å². The minimum Gasteiger partial charge on any atom is -0.497 e. The molecule has 1 heterocycles. The number of thiocarbonyl (C=S) groups is 1. The van der Waals surface area contributed by atoms with Crippen LogP contribution in [0.25, 0.3) is 0 Å². The van der Waals surface area contributed by atoms with Gasteiger partial charge in [0.15, 0.2) is 5.11 Å². The molecule has 1 aliphatic heterocycles. The van der Waals surface area contributed by atoms with Crippen LogP contribution in [0.2, 0.25) is 0 Å². The van der Waals surface area contributed by atoms with Crippen LogP contribution in [0.15, 0.2) is 23.3 Å². The summed E-state index contributed by atoms with van der Waals surface area (Å²) in [6, 6.07) is 5.59. The molecule has 0 bridgehead atoms. The van der Waals surface area contributed by atoms with E-state index in [1.54, 1.807) is 14.2 Å². The summed E-state index contributed by atoms with van der Waals surface area (Å²) in [5.74, 6) is 1.44. The summed E-state index contributed by atoms with van der Waals surface area (Å²) in [6.07, 6.45) is 2.42. The number of rotatable bonds is 6. The number of methoxy groups -OCH3 is 2. The lowest BCUT2D eigenvalue weighted by molar-refractivity contribution is 0.114. The zero-order valence-electron chi connectivity index (χ0n) is 13.7. The molecule has 1 aromatic carbocycles. The van der Waals surface area contributed by atoms with Crippen LogP contribution in [0, 0.1) is 0 Å². The largest absolute Gasteiger partial charge is 0.497 e. The van der Waals surface area contributed by atoms with E-state index >= 15 is 0 Å². The second-order valence-electron chi connectivity index (χ2n) is 5.22. The van der Waals surface area contributed by atoms with E-state index in [2.05, 4.69) is 15.8 Å². The Morgan fingerprint density at radius 3 is 2.87 bits per heavy atom. The number of nitrogens with zero attached hydrogens (tertiary/aromatic N) is 1. The van der Waals surface area contributed by atoms with Gasteiger partial charge in [-0.1, -0.05) is 0 Å². The number of nitrogens with one attached hydrogen (secondary N) is 2. The van der Waals surface area contributed by atoms with E-state index in [0.717, 1.165) is 36.5 Å². The maximum atomic E-state index is 5.54. The quantitative estimate of drug-likeness (QED) is 0.471. The van der Waals surface area contributed by atoms with Crippen molar-refractivity contribution in [1.82, 2.24) is 10.7 Å². The van der Waals surface area contributed by atoms with Gasteiger partial charge in [-0.3, -0.25) is 5.43 Å². The Morgan fingerprint density at radius 1 is 1.39 bits per heavy atom. The van der Waals surface area contributed by atoms with Crippen molar-refractivity contribution < 1.29 is 14.2 Å². The smallest absolute Gasteiger partial charge is 0.187 e. The number of hydrogen-bond donors (Lipinski definition) is 2. The minimum atomic E-state index is 0.238. The molecule has 0 aromatic heterocycles. The predicted octanol–water partition coefficient (Wildman–Crippen LogP) is 2.07. The van der Waals surface area contributed by atoms with Crippen molar-refractivity contribution in [2.24, 2.45) is 5.10 Å². The average Bonchev–Trinajstić information content (AvgIpc) is 3.10. The number of hydrazone groups is 1. The molecular formula is C16H23N3O3S. The third kappa shape index (κ3) is 5.07. The summed E-state index contributed by atoms with van der Waals surface area (Å²) >= 11 is 5.22. The van der Waals surface area contributed by atoms with Gasteiger partial charge in [0.05, 0.1) is 26.0 Å². The third-order valence-corrected chi connectivity index (χ3v) is 3.87. The van der Waals surface area contributed by atoms with Crippen molar-refractivity contribution in [2.45, 2.75) is 25.9 Å². The molecule has 0 spiro atoms. The fourth-order valence-corrected chi connectivity index (χ4v) is 2.47. The maximum absolute atomic E-state index is 5.54. The Balaban J connectivity index is 1.92. The highest BCUT2D eigenvalue weighted by Gasteiger charge is 2.15. The van der Waals surface area contributed by atoms with Crippen molar-refractivity contribution >= 4 is 23.0 Å². The van der Waals surface area contributed by atoms with Crippen LogP contribution in [0.1, 0.15) is 25.3 Å². The van der Waals surface area contributed by atoms with E-state index < -0.39 is 0 Å². The zero-order chi connectivity index (χ0) is 16.7. The van der Waals surface area contributed by atoms with Crippen molar-refractivity contribution in [3.63, 3.8) is 0 Å². The first kappa shape index (κ1) is 17.5. The van der Waals surface area contributed by atoms with Crippen LogP contribution in [-0.2, 0) is 4.74 Å². The van der Waals surface area contributed by atoms with Crippen molar-refractivity contribution in [3.05, 3.63) is 23.8 Å². The van der Waals surface area contributed by atoms with Gasteiger partial charge in [-0.2, -0.15) is 5.10 Å². The Kier molecular flexibility index (Phi) is 6.61. The molecule has 2 N–H and O–H groups in total. The molecule has 1 saturated heterocycles. The molecule has 6 nitrogen and oxygen atoms in total. The van der Waals surface area contributed by atoms with E-state index in [0.29, 0.717) is 17.4 Å². The van der Waals surface area contributed by atoms with Crippen LogP contribution in [0.3, 0.4) is 0 Å². The molecule has 1 aliphatic rings. The number of benzene rings is 1. The predicted molar refractivity (Wildman–Crippen MR) is 94.5 cm³/mol. The lowest BCUT2D eigenvalue weighted by atomic mass is 10.1. The van der Waals surface area contributed by atoms with E-state index in [9.17, 15) is 0 Å². The van der Waals surface area contributed by atoms with Crippen LogP contribution in [0.5, 0.6) is 11.5 Å². The molecular weight excluding hydrogens is 314 g/mol. The molecule has 1 fully saturated rings. The van der Waals surface area contributed by atoms with Crippen molar-refractivity contribution in [2.75, 3.05) is 27.4 Å². The number of hydrogen-bond acceptors (Lipinski definition) is 5. The van der Waals surface area contributed by atoms with Gasteiger partial charge in [-0.25, -0.2) is 0 Å². The summed E-state index contributed by atoms with van der Waals surface area (Å²) < 4.78 is 16.1. The first-order valence-corrected chi connectivity index (χ1v) is 7.97. The zero-order valence-corrected chi connectivity index (χ0v) is 14.5. The molecule has 2 rings (SSSR count). The van der Waals surface area contributed by atoms with Crippen LogP contribution < -0.4 is 20.2 Å². The van der Waals surface area contributed by atoms with Crippen molar-refractivity contribution in [1.29, 1.82) is 0 Å². The summed E-state index contributed by atoms with van der Waals surface area (Å²) in [4.78, 5) is 0. The molecule has 23 heavy (non-hydrogen) atoms. The van der Waals surface area contributed by atoms with Gasteiger partial charge in [0, 0.05) is 24.8 Å². The first-order chi connectivity index (χ1) is 11.1. The molecule has 0 unspecified atom stereocenters. The highest BCUT2D eigenvalue weighted by atomic mass is 32.1. The van der Waals surface area contributed by atoms with Gasteiger partial charge in [-0.05, 0) is 44.1 Å².